The zero-order valence-electron chi connectivity index (χ0n) is 15.7. The zero-order valence-corrected chi connectivity index (χ0v) is 15.7. The van der Waals surface area contributed by atoms with E-state index in [9.17, 15) is 14.4 Å². The van der Waals surface area contributed by atoms with E-state index in [-0.39, 0.29) is 30.6 Å². The van der Waals surface area contributed by atoms with E-state index in [1.54, 1.807) is 15.9 Å². The van der Waals surface area contributed by atoms with Crippen molar-refractivity contribution in [1.82, 2.24) is 19.8 Å². The van der Waals surface area contributed by atoms with Crippen molar-refractivity contribution in [3.8, 4) is 0 Å². The summed E-state index contributed by atoms with van der Waals surface area (Å²) in [6, 6.07) is 5.45. The lowest BCUT2D eigenvalue weighted by Gasteiger charge is -2.22. The summed E-state index contributed by atoms with van der Waals surface area (Å²) in [4.78, 5) is 47.3. The van der Waals surface area contributed by atoms with Crippen molar-refractivity contribution in [2.75, 3.05) is 33.3 Å². The summed E-state index contributed by atoms with van der Waals surface area (Å²) in [5, 5.41) is 0. The Morgan fingerprint density at radius 3 is 2.63 bits per heavy atom. The van der Waals surface area contributed by atoms with Crippen LogP contribution in [-0.4, -0.2) is 70.8 Å². The summed E-state index contributed by atoms with van der Waals surface area (Å²) >= 11 is 0. The number of aromatic amines is 1. The van der Waals surface area contributed by atoms with Crippen molar-refractivity contribution in [2.24, 2.45) is 0 Å². The first-order valence-corrected chi connectivity index (χ1v) is 9.08. The number of esters is 1. The molecule has 0 aliphatic carbocycles. The fourth-order valence-corrected chi connectivity index (χ4v) is 3.29. The van der Waals surface area contributed by atoms with Crippen LogP contribution in [0.4, 0.5) is 0 Å². The van der Waals surface area contributed by atoms with Crippen LogP contribution in [0.5, 0.6) is 0 Å². The molecule has 1 fully saturated rings. The van der Waals surface area contributed by atoms with Crippen molar-refractivity contribution in [3.05, 3.63) is 29.6 Å². The third-order valence-corrected chi connectivity index (χ3v) is 4.75. The second kappa shape index (κ2) is 8.20. The average molecular weight is 372 g/mol. The number of rotatable bonds is 4. The molecular weight excluding hydrogens is 348 g/mol. The highest BCUT2D eigenvalue weighted by Gasteiger charge is 2.23. The van der Waals surface area contributed by atoms with Crippen molar-refractivity contribution in [2.45, 2.75) is 26.2 Å². The molecule has 8 heteroatoms. The second-order valence-electron chi connectivity index (χ2n) is 6.66. The fourth-order valence-electron chi connectivity index (χ4n) is 3.29. The Kier molecular flexibility index (Phi) is 5.73. The molecule has 0 atom stereocenters. The number of methoxy groups -OCH3 is 1. The van der Waals surface area contributed by atoms with Gasteiger partial charge in [-0.3, -0.25) is 14.4 Å². The van der Waals surface area contributed by atoms with Crippen LogP contribution in [-0.2, 0) is 14.3 Å². The van der Waals surface area contributed by atoms with Crippen LogP contribution >= 0.6 is 0 Å². The Bertz CT molecular complexity index is 861. The van der Waals surface area contributed by atoms with E-state index < -0.39 is 0 Å². The van der Waals surface area contributed by atoms with Crippen LogP contribution in [0.1, 0.15) is 35.4 Å². The quantitative estimate of drug-likeness (QED) is 0.821. The van der Waals surface area contributed by atoms with Crippen molar-refractivity contribution in [1.29, 1.82) is 0 Å². The first kappa shape index (κ1) is 18.9. The highest BCUT2D eigenvalue weighted by molar-refractivity contribution is 5.97. The number of imidazole rings is 1. The van der Waals surface area contributed by atoms with Gasteiger partial charge in [-0.05, 0) is 31.5 Å². The Hall–Kier alpha value is -2.90. The SMILES string of the molecule is COC(=O)CCC(=O)N1CCCN(C(=O)c2ccc3nc(C)[nH]c3c2)CC1. The number of ether oxygens (including phenoxy) is 1. The first-order chi connectivity index (χ1) is 13.0. The maximum absolute atomic E-state index is 12.9. The minimum Gasteiger partial charge on any atom is -0.469 e. The molecule has 0 saturated carbocycles. The number of H-pyrrole nitrogens is 1. The summed E-state index contributed by atoms with van der Waals surface area (Å²) in [7, 11) is 1.31. The van der Waals surface area contributed by atoms with Gasteiger partial charge in [0, 0.05) is 38.2 Å². The van der Waals surface area contributed by atoms with Gasteiger partial charge in [-0.15, -0.1) is 0 Å². The molecule has 0 spiro atoms. The average Bonchev–Trinajstić information content (AvgIpc) is 2.88. The van der Waals surface area contributed by atoms with E-state index in [0.717, 1.165) is 16.9 Å². The number of nitrogens with one attached hydrogen (secondary N) is 1. The van der Waals surface area contributed by atoms with Crippen LogP contribution < -0.4 is 0 Å². The highest BCUT2D eigenvalue weighted by atomic mass is 16.5. The van der Waals surface area contributed by atoms with Gasteiger partial charge in [0.15, 0.2) is 0 Å². The smallest absolute Gasteiger partial charge is 0.306 e. The zero-order chi connectivity index (χ0) is 19.4. The number of benzene rings is 1. The molecule has 1 aromatic heterocycles. The molecule has 1 aliphatic heterocycles. The molecule has 0 bridgehead atoms. The number of aromatic nitrogens is 2. The maximum atomic E-state index is 12.9. The van der Waals surface area contributed by atoms with E-state index in [2.05, 4.69) is 14.7 Å². The number of amides is 2. The van der Waals surface area contributed by atoms with Crippen LogP contribution in [0, 0.1) is 6.92 Å². The third-order valence-electron chi connectivity index (χ3n) is 4.75. The Balaban J connectivity index is 1.61. The lowest BCUT2D eigenvalue weighted by Crippen LogP contribution is -2.37. The largest absolute Gasteiger partial charge is 0.469 e. The van der Waals surface area contributed by atoms with Gasteiger partial charge in [0.05, 0.1) is 24.6 Å². The molecule has 1 aromatic carbocycles. The van der Waals surface area contributed by atoms with Gasteiger partial charge in [0.1, 0.15) is 5.82 Å². The standard InChI is InChI=1S/C19H24N4O4/c1-13-20-15-5-4-14(12-16(15)21-13)19(26)23-9-3-8-22(10-11-23)17(24)6-7-18(25)27-2/h4-5,12H,3,6-11H2,1-2H3,(H,20,21). The minimum atomic E-state index is -0.389. The number of fused-ring (bicyclic) bond motifs is 1. The predicted octanol–water partition coefficient (Wildman–Crippen LogP) is 1.50. The number of carbonyl (C=O) groups is 3. The van der Waals surface area contributed by atoms with Gasteiger partial charge in [0.25, 0.3) is 5.91 Å². The summed E-state index contributed by atoms with van der Waals surface area (Å²) in [6.07, 6.45) is 0.926. The van der Waals surface area contributed by atoms with Crippen molar-refractivity contribution < 1.29 is 19.1 Å². The molecule has 1 aliphatic rings. The van der Waals surface area contributed by atoms with Gasteiger partial charge < -0.3 is 19.5 Å². The number of hydrogen-bond donors (Lipinski definition) is 1. The van der Waals surface area contributed by atoms with Gasteiger partial charge in [0.2, 0.25) is 5.91 Å². The fraction of sp³-hybridized carbons (Fsp3) is 0.474. The molecule has 2 amide bonds. The normalized spacial score (nSPS) is 14.9. The van der Waals surface area contributed by atoms with E-state index in [1.165, 1.54) is 7.11 Å². The molecule has 0 unspecified atom stereocenters. The molecule has 0 radical (unpaired) electrons. The summed E-state index contributed by atoms with van der Waals surface area (Å²) in [5.74, 6) is 0.293. The summed E-state index contributed by atoms with van der Waals surface area (Å²) in [5.41, 5.74) is 2.28. The summed E-state index contributed by atoms with van der Waals surface area (Å²) in [6.45, 7) is 4.00. The Morgan fingerprint density at radius 2 is 1.85 bits per heavy atom. The summed E-state index contributed by atoms with van der Waals surface area (Å²) < 4.78 is 4.57. The molecule has 27 heavy (non-hydrogen) atoms. The predicted molar refractivity (Wildman–Crippen MR) is 99.2 cm³/mol. The van der Waals surface area contributed by atoms with Crippen LogP contribution in [0.25, 0.3) is 11.0 Å². The van der Waals surface area contributed by atoms with E-state index >= 15 is 0 Å². The molecule has 144 valence electrons. The number of aryl methyl sites for hydroxylation is 1. The van der Waals surface area contributed by atoms with Crippen LogP contribution in [0.2, 0.25) is 0 Å². The topological polar surface area (TPSA) is 95.6 Å². The molecule has 8 nitrogen and oxygen atoms in total. The second-order valence-corrected chi connectivity index (χ2v) is 6.66. The highest BCUT2D eigenvalue weighted by Crippen LogP contribution is 2.16. The molecule has 2 aromatic rings. The lowest BCUT2D eigenvalue weighted by atomic mass is 10.1. The van der Waals surface area contributed by atoms with Crippen LogP contribution in [0.15, 0.2) is 18.2 Å². The van der Waals surface area contributed by atoms with E-state index in [4.69, 9.17) is 0 Å². The number of hydrogen-bond acceptors (Lipinski definition) is 5. The number of carbonyl (C=O) groups excluding carboxylic acids is 3. The maximum Gasteiger partial charge on any atom is 0.306 e. The minimum absolute atomic E-state index is 0.0481. The van der Waals surface area contributed by atoms with Crippen molar-refractivity contribution in [3.63, 3.8) is 0 Å². The molecular formula is C19H24N4O4. The van der Waals surface area contributed by atoms with Gasteiger partial charge in [-0.1, -0.05) is 0 Å². The molecule has 3 rings (SSSR count). The van der Waals surface area contributed by atoms with Gasteiger partial charge in [-0.2, -0.15) is 0 Å². The molecule has 2 heterocycles. The van der Waals surface area contributed by atoms with Crippen LogP contribution in [0.3, 0.4) is 0 Å². The van der Waals surface area contributed by atoms with Crippen molar-refractivity contribution >= 4 is 28.8 Å². The third kappa shape index (κ3) is 4.45. The number of nitrogens with zero attached hydrogens (tertiary/aromatic N) is 3. The van der Waals surface area contributed by atoms with Gasteiger partial charge >= 0.3 is 5.97 Å². The van der Waals surface area contributed by atoms with E-state index in [1.807, 2.05) is 19.1 Å². The Morgan fingerprint density at radius 1 is 1.11 bits per heavy atom. The molecule has 1 saturated heterocycles. The molecule has 1 N–H and O–H groups in total. The Labute approximate surface area is 157 Å². The van der Waals surface area contributed by atoms with E-state index in [0.29, 0.717) is 38.2 Å². The first-order valence-electron chi connectivity index (χ1n) is 9.08. The lowest BCUT2D eigenvalue weighted by molar-refractivity contribution is -0.143. The monoisotopic (exact) mass is 372 g/mol. The van der Waals surface area contributed by atoms with Gasteiger partial charge in [-0.25, -0.2) is 4.98 Å².